The molecule has 0 rings (SSSR count). The molecular weight excluding hydrogens is 180 g/mol. The summed E-state index contributed by atoms with van der Waals surface area (Å²) in [4.78, 5) is 0. The Kier molecular flexibility index (Phi) is 5.23. The predicted molar refractivity (Wildman–Crippen MR) is 62.9 cm³/mol. The van der Waals surface area contributed by atoms with E-state index in [-0.39, 0.29) is 0 Å². The van der Waals surface area contributed by atoms with Crippen molar-refractivity contribution >= 4 is 18.5 Å². The fraction of sp³-hybridized carbons (Fsp3) is 0.300. The second-order valence-corrected chi connectivity index (χ2v) is 2.98. The first-order valence-corrected chi connectivity index (χ1v) is 4.42. The van der Waals surface area contributed by atoms with Gasteiger partial charge in [0.2, 0.25) is 0 Å². The summed E-state index contributed by atoms with van der Waals surface area (Å²) in [6, 6.07) is 0. The highest BCUT2D eigenvalue weighted by atomic mass is 32.1. The van der Waals surface area contributed by atoms with Crippen molar-refractivity contribution < 1.29 is 0 Å². The molecule has 2 N–H and O–H groups in total. The lowest BCUT2D eigenvalue weighted by molar-refractivity contribution is 1.40. The summed E-state index contributed by atoms with van der Waals surface area (Å²) in [5.41, 5.74) is 9.02. The Bertz CT molecular complexity index is 285. The second-order valence-electron chi connectivity index (χ2n) is 2.78. The molecule has 0 aliphatic heterocycles. The van der Waals surface area contributed by atoms with Gasteiger partial charge in [0.15, 0.2) is 0 Å². The molecule has 0 aromatic heterocycles. The maximum atomic E-state index is 5.41. The van der Waals surface area contributed by atoms with E-state index in [0.29, 0.717) is 0 Å². The number of nitrogens with two attached hydrogens (primary N) is 1. The van der Waals surface area contributed by atoms with Crippen LogP contribution in [0.25, 0.3) is 0 Å². The molecule has 0 aliphatic rings. The molecule has 0 aromatic carbocycles. The van der Waals surface area contributed by atoms with Crippen molar-refractivity contribution in [3.63, 3.8) is 0 Å². The van der Waals surface area contributed by atoms with Crippen LogP contribution in [-0.2, 0) is 0 Å². The Balaban J connectivity index is 5.12. The molecule has 0 heterocycles. The summed E-state index contributed by atoms with van der Waals surface area (Å²) in [5.74, 6) is 0. The van der Waals surface area contributed by atoms with E-state index in [1.54, 1.807) is 0 Å². The monoisotopic (exact) mass is 196 g/mol. The third kappa shape index (κ3) is 3.11. The maximum Gasteiger partial charge on any atom is 0.0824 e. The number of hydrogen-bond donors (Lipinski definition) is 2. The van der Waals surface area contributed by atoms with E-state index in [2.05, 4.69) is 23.8 Å². The van der Waals surface area contributed by atoms with Crippen LogP contribution in [-0.4, -0.2) is 5.71 Å². The summed E-state index contributed by atoms with van der Waals surface area (Å²) in [7, 11) is 0. The number of nitrogens with zero attached hydrogens (tertiary/aromatic N) is 1. The Morgan fingerprint density at radius 1 is 1.46 bits per heavy atom. The van der Waals surface area contributed by atoms with Gasteiger partial charge in [-0.2, -0.15) is 0 Å². The van der Waals surface area contributed by atoms with Gasteiger partial charge in [-0.1, -0.05) is 12.7 Å². The molecule has 0 bridgehead atoms. The molecular formula is C10H16N2S. The number of thiol groups is 1. The molecule has 2 nitrogen and oxygen atoms in total. The number of rotatable bonds is 3. The summed E-state index contributed by atoms with van der Waals surface area (Å²) >= 11 is 3.91. The van der Waals surface area contributed by atoms with Gasteiger partial charge < -0.3 is 5.73 Å². The van der Waals surface area contributed by atoms with Crippen molar-refractivity contribution in [2.24, 2.45) is 10.1 Å². The average molecular weight is 196 g/mol. The van der Waals surface area contributed by atoms with Crippen LogP contribution in [0, 0.1) is 0 Å². The minimum Gasteiger partial charge on any atom is -0.404 e. The van der Waals surface area contributed by atoms with Crippen LogP contribution in [0.5, 0.6) is 0 Å². The van der Waals surface area contributed by atoms with Crippen LogP contribution < -0.4 is 5.73 Å². The van der Waals surface area contributed by atoms with Crippen molar-refractivity contribution in [3.8, 4) is 0 Å². The van der Waals surface area contributed by atoms with Gasteiger partial charge >= 0.3 is 0 Å². The minimum atomic E-state index is 0.779. The Hall–Kier alpha value is -0.960. The van der Waals surface area contributed by atoms with Gasteiger partial charge in [-0.15, -0.1) is 0 Å². The van der Waals surface area contributed by atoms with E-state index < -0.39 is 0 Å². The molecule has 0 amide bonds. The number of allylic oxidation sites excluding steroid dienone is 4. The predicted octanol–water partition coefficient (Wildman–Crippen LogP) is 2.66. The van der Waals surface area contributed by atoms with E-state index in [0.717, 1.165) is 22.4 Å². The first-order chi connectivity index (χ1) is 6.08. The lowest BCUT2D eigenvalue weighted by Gasteiger charge is -2.09. The van der Waals surface area contributed by atoms with Crippen LogP contribution in [0.4, 0.5) is 0 Å². The first kappa shape index (κ1) is 12.0. The third-order valence-corrected chi connectivity index (χ3v) is 1.93. The van der Waals surface area contributed by atoms with Gasteiger partial charge in [-0.25, -0.2) is 4.40 Å². The fourth-order valence-corrected chi connectivity index (χ4v) is 1.27. The van der Waals surface area contributed by atoms with Crippen molar-refractivity contribution in [1.29, 1.82) is 0 Å². The lowest BCUT2D eigenvalue weighted by atomic mass is 9.99. The molecule has 0 unspecified atom stereocenters. The smallest absolute Gasteiger partial charge is 0.0824 e. The highest BCUT2D eigenvalue weighted by Gasteiger charge is 2.07. The van der Waals surface area contributed by atoms with Crippen LogP contribution in [0.2, 0.25) is 0 Å². The maximum absolute atomic E-state index is 5.41. The van der Waals surface area contributed by atoms with Gasteiger partial charge in [-0.3, -0.25) is 0 Å². The van der Waals surface area contributed by atoms with Crippen LogP contribution in [0.3, 0.4) is 0 Å². The molecule has 0 atom stereocenters. The Morgan fingerprint density at radius 3 is 2.23 bits per heavy atom. The zero-order chi connectivity index (χ0) is 10.4. The molecule has 3 heteroatoms. The van der Waals surface area contributed by atoms with E-state index >= 15 is 0 Å². The molecule has 0 aliphatic carbocycles. The standard InChI is InChI=1S/C10H16N2S/c1-5-9(7(2)3)10(12-13)8(4)6-11/h5-6,13H,2,11H2,1,3-4H3/b8-6-,9-5-,12-10-. The average Bonchev–Trinajstić information content (AvgIpc) is 2.12. The van der Waals surface area contributed by atoms with E-state index in [9.17, 15) is 0 Å². The minimum absolute atomic E-state index is 0.779. The second kappa shape index (κ2) is 5.65. The van der Waals surface area contributed by atoms with Gasteiger partial charge in [0, 0.05) is 0 Å². The zero-order valence-corrected chi connectivity index (χ0v) is 9.23. The number of hydrogen-bond acceptors (Lipinski definition) is 3. The highest BCUT2D eigenvalue weighted by molar-refractivity contribution is 7.79. The van der Waals surface area contributed by atoms with Gasteiger partial charge in [-0.05, 0) is 56.5 Å². The Morgan fingerprint density at radius 2 is 2.00 bits per heavy atom. The molecule has 0 saturated carbocycles. The zero-order valence-electron chi connectivity index (χ0n) is 8.33. The van der Waals surface area contributed by atoms with Crippen molar-refractivity contribution in [2.75, 3.05) is 0 Å². The molecule has 13 heavy (non-hydrogen) atoms. The molecule has 0 spiro atoms. The van der Waals surface area contributed by atoms with Crippen LogP contribution in [0.1, 0.15) is 20.8 Å². The molecule has 0 fully saturated rings. The van der Waals surface area contributed by atoms with Crippen LogP contribution >= 0.6 is 12.8 Å². The van der Waals surface area contributed by atoms with Crippen molar-refractivity contribution in [3.05, 3.63) is 35.6 Å². The highest BCUT2D eigenvalue weighted by Crippen LogP contribution is 2.15. The Labute approximate surface area is 85.5 Å². The largest absolute Gasteiger partial charge is 0.404 e. The topological polar surface area (TPSA) is 38.4 Å². The van der Waals surface area contributed by atoms with Crippen molar-refractivity contribution in [2.45, 2.75) is 20.8 Å². The molecule has 0 radical (unpaired) electrons. The summed E-state index contributed by atoms with van der Waals surface area (Å²) < 4.78 is 3.88. The normalized spacial score (nSPS) is 14.6. The van der Waals surface area contributed by atoms with Crippen LogP contribution in [0.15, 0.2) is 40.0 Å². The van der Waals surface area contributed by atoms with E-state index in [1.807, 2.05) is 26.8 Å². The molecule has 72 valence electrons. The lowest BCUT2D eigenvalue weighted by Crippen LogP contribution is -2.06. The summed E-state index contributed by atoms with van der Waals surface area (Å²) in [5, 5.41) is 0. The first-order valence-electron chi connectivity index (χ1n) is 4.02. The summed E-state index contributed by atoms with van der Waals surface area (Å²) in [6.45, 7) is 9.62. The quantitative estimate of drug-likeness (QED) is 0.406. The summed E-state index contributed by atoms with van der Waals surface area (Å²) in [6.07, 6.45) is 3.46. The van der Waals surface area contributed by atoms with E-state index in [1.165, 1.54) is 6.20 Å². The van der Waals surface area contributed by atoms with Gasteiger partial charge in [0.05, 0.1) is 5.71 Å². The van der Waals surface area contributed by atoms with Gasteiger partial charge in [0.1, 0.15) is 0 Å². The fourth-order valence-electron chi connectivity index (χ4n) is 1.01. The van der Waals surface area contributed by atoms with E-state index in [4.69, 9.17) is 5.73 Å². The SMILES string of the molecule is C=C(C)C(=C/C)/C(=N\S)C(/C)=C\N. The third-order valence-electron chi connectivity index (χ3n) is 1.73. The van der Waals surface area contributed by atoms with Gasteiger partial charge in [0.25, 0.3) is 0 Å². The molecule has 0 saturated heterocycles. The van der Waals surface area contributed by atoms with Crippen molar-refractivity contribution in [1.82, 2.24) is 0 Å². The molecule has 0 aromatic rings.